The summed E-state index contributed by atoms with van der Waals surface area (Å²) < 4.78 is 26.3. The summed E-state index contributed by atoms with van der Waals surface area (Å²) in [6.45, 7) is 0.281. The number of sulfonamides is 1. The molecule has 1 unspecified atom stereocenters. The Morgan fingerprint density at radius 1 is 1.50 bits per heavy atom. The molecule has 1 aromatic heterocycles. The van der Waals surface area contributed by atoms with Gasteiger partial charge >= 0.3 is 0 Å². The third kappa shape index (κ3) is 2.42. The van der Waals surface area contributed by atoms with Crippen molar-refractivity contribution in [2.75, 3.05) is 13.2 Å². The normalized spacial score (nSPS) is 21.7. The lowest BCUT2D eigenvalue weighted by atomic mass is 10.1. The number of aliphatic hydroxyl groups excluding tert-OH is 1. The summed E-state index contributed by atoms with van der Waals surface area (Å²) in [5, 5.41) is 18.0. The minimum atomic E-state index is -3.57. The largest absolute Gasteiger partial charge is 0.395 e. The average molecular weight is 286 g/mol. The number of rotatable bonds is 3. The monoisotopic (exact) mass is 286 g/mol. The van der Waals surface area contributed by atoms with Gasteiger partial charge < -0.3 is 5.11 Å². The highest BCUT2D eigenvalue weighted by atomic mass is 32.2. The Labute approximate surface area is 110 Å². The number of aliphatic hydroxyl groups is 1. The second-order valence-corrected chi connectivity index (χ2v) is 7.38. The fourth-order valence-electron chi connectivity index (χ4n) is 2.11. The van der Waals surface area contributed by atoms with E-state index in [0.29, 0.717) is 17.8 Å². The van der Waals surface area contributed by atoms with E-state index in [1.54, 1.807) is 0 Å². The maximum atomic E-state index is 12.4. The molecular weight excluding hydrogens is 272 g/mol. The molecule has 1 saturated heterocycles. The molecule has 0 radical (unpaired) electrons. The summed E-state index contributed by atoms with van der Waals surface area (Å²) in [7, 11) is -3.57. The van der Waals surface area contributed by atoms with Crippen molar-refractivity contribution in [3.63, 3.8) is 0 Å². The predicted octanol–water partition coefficient (Wildman–Crippen LogP) is 1.16. The van der Waals surface area contributed by atoms with Crippen molar-refractivity contribution in [2.45, 2.75) is 29.5 Å². The summed E-state index contributed by atoms with van der Waals surface area (Å²) in [4.78, 5) is 0.381. The van der Waals surface area contributed by atoms with Crippen LogP contribution in [-0.4, -0.2) is 37.0 Å². The van der Waals surface area contributed by atoms with Crippen molar-refractivity contribution in [1.82, 2.24) is 4.31 Å². The summed E-state index contributed by atoms with van der Waals surface area (Å²) >= 11 is 0.974. The van der Waals surface area contributed by atoms with E-state index >= 15 is 0 Å². The van der Waals surface area contributed by atoms with Crippen LogP contribution in [0.25, 0.3) is 0 Å². The Morgan fingerprint density at radius 2 is 2.28 bits per heavy atom. The third-order valence-corrected chi connectivity index (χ3v) is 6.45. The molecule has 1 aliphatic rings. The molecule has 1 atom stereocenters. The van der Waals surface area contributed by atoms with Crippen LogP contribution in [0.3, 0.4) is 0 Å². The van der Waals surface area contributed by atoms with E-state index in [0.717, 1.165) is 24.2 Å². The van der Waals surface area contributed by atoms with Gasteiger partial charge in [0.2, 0.25) is 0 Å². The number of nitrogens with zero attached hydrogens (tertiary/aromatic N) is 2. The van der Waals surface area contributed by atoms with Crippen LogP contribution in [0.15, 0.2) is 16.3 Å². The maximum absolute atomic E-state index is 12.4. The summed E-state index contributed by atoms with van der Waals surface area (Å²) in [6.07, 6.45) is 2.43. The van der Waals surface area contributed by atoms with E-state index in [4.69, 9.17) is 5.26 Å². The molecule has 1 aromatic rings. The first-order valence-electron chi connectivity index (χ1n) is 5.72. The lowest BCUT2D eigenvalue weighted by Gasteiger charge is -2.32. The number of nitriles is 1. The summed E-state index contributed by atoms with van der Waals surface area (Å²) in [5.41, 5.74) is 0. The van der Waals surface area contributed by atoms with Gasteiger partial charge in [-0.3, -0.25) is 0 Å². The Hall–Kier alpha value is -0.940. The fourth-order valence-corrected chi connectivity index (χ4v) is 5.02. The zero-order valence-electron chi connectivity index (χ0n) is 9.74. The van der Waals surface area contributed by atoms with Crippen molar-refractivity contribution in [1.29, 1.82) is 5.26 Å². The zero-order valence-corrected chi connectivity index (χ0v) is 11.4. The second-order valence-electron chi connectivity index (χ2n) is 4.18. The standard InChI is InChI=1S/C11H14N2O3S2/c12-7-10-4-5-11(17-10)18(15,16)13-6-2-1-3-9(13)8-14/h4-5,9,14H,1-3,6,8H2. The number of thiophene rings is 1. The predicted molar refractivity (Wildman–Crippen MR) is 67.7 cm³/mol. The van der Waals surface area contributed by atoms with Gasteiger partial charge in [-0.25, -0.2) is 8.42 Å². The van der Waals surface area contributed by atoms with E-state index in [-0.39, 0.29) is 16.9 Å². The first kappa shape index (κ1) is 13.5. The van der Waals surface area contributed by atoms with Gasteiger partial charge in [-0.1, -0.05) is 6.42 Å². The van der Waals surface area contributed by atoms with Crippen LogP contribution in [-0.2, 0) is 10.0 Å². The molecule has 0 amide bonds. The summed E-state index contributed by atoms with van der Waals surface area (Å²) in [6, 6.07) is 4.57. The molecule has 1 aliphatic heterocycles. The van der Waals surface area contributed by atoms with Crippen molar-refractivity contribution in [3.8, 4) is 6.07 Å². The van der Waals surface area contributed by atoms with Crippen LogP contribution < -0.4 is 0 Å². The van der Waals surface area contributed by atoms with Crippen LogP contribution >= 0.6 is 11.3 Å². The van der Waals surface area contributed by atoms with Gasteiger partial charge in [0.25, 0.3) is 10.0 Å². The van der Waals surface area contributed by atoms with Gasteiger partial charge in [0.15, 0.2) is 0 Å². The smallest absolute Gasteiger partial charge is 0.252 e. The molecule has 7 heteroatoms. The average Bonchev–Trinajstić information content (AvgIpc) is 2.88. The molecule has 98 valence electrons. The van der Waals surface area contributed by atoms with Gasteiger partial charge in [-0.2, -0.15) is 9.57 Å². The number of piperidine rings is 1. The molecule has 0 bridgehead atoms. The first-order chi connectivity index (χ1) is 8.59. The van der Waals surface area contributed by atoms with Crippen molar-refractivity contribution < 1.29 is 13.5 Å². The van der Waals surface area contributed by atoms with Crippen LogP contribution in [0.2, 0.25) is 0 Å². The van der Waals surface area contributed by atoms with Crippen LogP contribution in [0.5, 0.6) is 0 Å². The highest BCUT2D eigenvalue weighted by Gasteiger charge is 2.33. The van der Waals surface area contributed by atoms with Gasteiger partial charge in [0.05, 0.1) is 6.61 Å². The topological polar surface area (TPSA) is 81.4 Å². The fraction of sp³-hybridized carbons (Fsp3) is 0.545. The van der Waals surface area contributed by atoms with Crippen molar-refractivity contribution >= 4 is 21.4 Å². The molecular formula is C11H14N2O3S2. The maximum Gasteiger partial charge on any atom is 0.252 e. The lowest BCUT2D eigenvalue weighted by molar-refractivity contribution is 0.155. The molecule has 0 saturated carbocycles. The number of hydrogen-bond donors (Lipinski definition) is 1. The van der Waals surface area contributed by atoms with E-state index in [1.807, 2.05) is 6.07 Å². The third-order valence-electron chi connectivity index (χ3n) is 3.04. The minimum absolute atomic E-state index is 0.157. The minimum Gasteiger partial charge on any atom is -0.395 e. The Balaban J connectivity index is 2.32. The summed E-state index contributed by atoms with van der Waals surface area (Å²) in [5.74, 6) is 0. The van der Waals surface area contributed by atoms with E-state index in [1.165, 1.54) is 16.4 Å². The molecule has 0 aliphatic carbocycles. The Kier molecular flexibility index (Phi) is 4.02. The lowest BCUT2D eigenvalue weighted by Crippen LogP contribution is -2.45. The van der Waals surface area contributed by atoms with E-state index < -0.39 is 10.0 Å². The van der Waals surface area contributed by atoms with E-state index in [2.05, 4.69) is 0 Å². The highest BCUT2D eigenvalue weighted by molar-refractivity contribution is 7.91. The molecule has 1 N–H and O–H groups in total. The molecule has 0 aromatic carbocycles. The van der Waals surface area contributed by atoms with Crippen molar-refractivity contribution in [3.05, 3.63) is 17.0 Å². The molecule has 1 fully saturated rings. The van der Waals surface area contributed by atoms with Gasteiger partial charge in [0, 0.05) is 12.6 Å². The Morgan fingerprint density at radius 3 is 2.89 bits per heavy atom. The molecule has 18 heavy (non-hydrogen) atoms. The Bertz CT molecular complexity index is 559. The van der Waals surface area contributed by atoms with Crippen LogP contribution in [0.1, 0.15) is 24.1 Å². The zero-order chi connectivity index (χ0) is 13.2. The van der Waals surface area contributed by atoms with Crippen LogP contribution in [0, 0.1) is 11.3 Å². The highest BCUT2D eigenvalue weighted by Crippen LogP contribution is 2.29. The number of hydrogen-bond acceptors (Lipinski definition) is 5. The van der Waals surface area contributed by atoms with Crippen molar-refractivity contribution in [2.24, 2.45) is 0 Å². The molecule has 5 nitrogen and oxygen atoms in total. The van der Waals surface area contributed by atoms with Crippen LogP contribution in [0.4, 0.5) is 0 Å². The van der Waals surface area contributed by atoms with Gasteiger partial charge in [-0.15, -0.1) is 11.3 Å². The van der Waals surface area contributed by atoms with E-state index in [9.17, 15) is 13.5 Å². The molecule has 2 heterocycles. The first-order valence-corrected chi connectivity index (χ1v) is 7.98. The molecule has 0 spiro atoms. The molecule has 2 rings (SSSR count). The second kappa shape index (κ2) is 5.36. The quantitative estimate of drug-likeness (QED) is 0.904. The van der Waals surface area contributed by atoms with Gasteiger partial charge in [0.1, 0.15) is 15.2 Å². The van der Waals surface area contributed by atoms with Gasteiger partial charge in [-0.05, 0) is 25.0 Å². The SMILES string of the molecule is N#Cc1ccc(S(=O)(=O)N2CCCCC2CO)s1.